The number of hydrogen-bond acceptors (Lipinski definition) is 6. The molecule has 0 spiro atoms. The van der Waals surface area contributed by atoms with Crippen LogP contribution in [-0.4, -0.2) is 31.1 Å². The molecule has 3 rings (SSSR count). The van der Waals surface area contributed by atoms with Crippen molar-refractivity contribution in [3.63, 3.8) is 0 Å². The number of thioether (sulfide) groups is 1. The highest BCUT2D eigenvalue weighted by Gasteiger charge is 2.31. The van der Waals surface area contributed by atoms with E-state index in [1.165, 1.54) is 19.1 Å². The molecule has 1 aromatic carbocycles. The zero-order valence-corrected chi connectivity index (χ0v) is 15.6. The Morgan fingerprint density at radius 2 is 1.85 bits per heavy atom. The minimum absolute atomic E-state index is 0.0188. The first kappa shape index (κ1) is 18.5. The Kier molecular flexibility index (Phi) is 5.33. The largest absolute Gasteiger partial charge is 0.367 e. The average Bonchev–Trinajstić information content (AvgIpc) is 3.05. The van der Waals surface area contributed by atoms with Gasteiger partial charge in [-0.1, -0.05) is 36.1 Å². The van der Waals surface area contributed by atoms with Crippen molar-refractivity contribution in [2.24, 2.45) is 5.92 Å². The summed E-state index contributed by atoms with van der Waals surface area (Å²) >= 11 is 0.948. The van der Waals surface area contributed by atoms with E-state index in [0.29, 0.717) is 11.3 Å². The maximum Gasteiger partial charge on any atom is 0.276 e. The molecular weight excluding hydrogens is 372 g/mol. The summed E-state index contributed by atoms with van der Waals surface area (Å²) in [4.78, 5) is 22.9. The zero-order valence-electron chi connectivity index (χ0n) is 14.0. The molecule has 1 aliphatic heterocycles. The normalized spacial score (nSPS) is 20.9. The van der Waals surface area contributed by atoms with E-state index in [0.717, 1.165) is 11.8 Å². The van der Waals surface area contributed by atoms with Gasteiger partial charge in [0.1, 0.15) is 5.03 Å². The van der Waals surface area contributed by atoms with Crippen LogP contribution < -0.4 is 10.0 Å². The summed E-state index contributed by atoms with van der Waals surface area (Å²) in [6.45, 7) is 1.41. The first-order chi connectivity index (χ1) is 12.3. The number of hydrogen-bond donors (Lipinski definition) is 2. The van der Waals surface area contributed by atoms with Crippen molar-refractivity contribution in [3.8, 4) is 0 Å². The number of benzene rings is 1. The maximum absolute atomic E-state index is 12.5. The van der Waals surface area contributed by atoms with Crippen molar-refractivity contribution >= 4 is 38.4 Å². The predicted molar refractivity (Wildman–Crippen MR) is 103 cm³/mol. The second-order valence-corrected chi connectivity index (χ2v) is 8.74. The van der Waals surface area contributed by atoms with Crippen LogP contribution in [0.5, 0.6) is 0 Å². The van der Waals surface area contributed by atoms with Crippen molar-refractivity contribution in [1.82, 2.24) is 5.32 Å². The number of rotatable bonds is 6. The molecule has 2 N–H and O–H groups in total. The summed E-state index contributed by atoms with van der Waals surface area (Å²) in [5, 5.41) is 3.01. The molecule has 2 unspecified atom stereocenters. The lowest BCUT2D eigenvalue weighted by Gasteiger charge is -2.16. The minimum Gasteiger partial charge on any atom is -0.367 e. The lowest BCUT2D eigenvalue weighted by Crippen LogP contribution is -2.30. The van der Waals surface area contributed by atoms with Gasteiger partial charge in [0, 0.05) is 24.1 Å². The van der Waals surface area contributed by atoms with Crippen LogP contribution >= 0.6 is 11.8 Å². The Morgan fingerprint density at radius 3 is 2.50 bits per heavy atom. The topological polar surface area (TPSA) is 92.3 Å². The van der Waals surface area contributed by atoms with Crippen LogP contribution in [0.15, 0.2) is 59.7 Å². The lowest BCUT2D eigenvalue weighted by atomic mass is 9.98. The molecule has 0 bridgehead atoms. The molecule has 0 saturated carbocycles. The number of Topliss-reactive ketones (excluding diaryl/α,β-unsaturated/α-hetero) is 1. The van der Waals surface area contributed by atoms with E-state index in [9.17, 15) is 18.0 Å². The lowest BCUT2D eigenvalue weighted by molar-refractivity contribution is -0.109. The van der Waals surface area contributed by atoms with E-state index in [2.05, 4.69) is 10.0 Å². The van der Waals surface area contributed by atoms with Crippen molar-refractivity contribution in [2.45, 2.75) is 13.0 Å². The Bertz CT molecular complexity index is 915. The number of carbonyl (C=O) groups excluding carboxylic acids is 2. The molecular formula is C18H18N2O4S2. The number of allylic oxidation sites excluding steroid dienone is 2. The van der Waals surface area contributed by atoms with Gasteiger partial charge in [-0.25, -0.2) is 0 Å². The van der Waals surface area contributed by atoms with E-state index in [4.69, 9.17) is 0 Å². The third kappa shape index (κ3) is 4.25. The maximum atomic E-state index is 12.5. The first-order valence-electron chi connectivity index (χ1n) is 7.98. The molecule has 1 heterocycles. The number of sulfonamides is 1. The number of anilines is 1. The summed E-state index contributed by atoms with van der Waals surface area (Å²) in [6, 6.07) is 6.10. The Hall–Kier alpha value is -2.32. The van der Waals surface area contributed by atoms with E-state index in [1.807, 2.05) is 24.3 Å². The van der Waals surface area contributed by atoms with E-state index in [-0.39, 0.29) is 33.6 Å². The first-order valence-corrected chi connectivity index (χ1v) is 10.4. The summed E-state index contributed by atoms with van der Waals surface area (Å²) in [5.74, 6) is -0.0890. The second kappa shape index (κ2) is 7.51. The molecule has 0 amide bonds. The summed E-state index contributed by atoms with van der Waals surface area (Å²) in [7, 11) is -3.73. The average molecular weight is 390 g/mol. The van der Waals surface area contributed by atoms with Crippen molar-refractivity contribution in [2.75, 3.05) is 10.5 Å². The number of ketones is 1. The molecule has 1 aliphatic carbocycles. The van der Waals surface area contributed by atoms with Crippen LogP contribution in [0.4, 0.5) is 5.69 Å². The SMILES string of the molecule is CC(=O)SCC(=O)c1ccc(NS(=O)(=O)C2=CC3C=CC=CC3N2)cc1. The monoisotopic (exact) mass is 390 g/mol. The van der Waals surface area contributed by atoms with Gasteiger partial charge < -0.3 is 5.32 Å². The second-order valence-electron chi connectivity index (χ2n) is 5.93. The molecule has 26 heavy (non-hydrogen) atoms. The molecule has 0 aromatic heterocycles. The molecule has 1 aromatic rings. The van der Waals surface area contributed by atoms with Crippen LogP contribution in [0.1, 0.15) is 17.3 Å². The zero-order chi connectivity index (χ0) is 18.7. The summed E-state index contributed by atoms with van der Waals surface area (Å²) in [6.07, 6.45) is 9.32. The fourth-order valence-corrected chi connectivity index (χ4v) is 4.35. The van der Waals surface area contributed by atoms with Gasteiger partial charge in [0.15, 0.2) is 10.9 Å². The standard InChI is InChI=1S/C18H18N2O4S2/c1-12(21)25-11-17(22)13-6-8-15(9-7-13)20-26(23,24)18-10-14-4-2-3-5-16(14)19-18/h2-10,14,16,19-20H,11H2,1H3. The highest BCUT2D eigenvalue weighted by atomic mass is 32.2. The van der Waals surface area contributed by atoms with Crippen LogP contribution in [0, 0.1) is 5.92 Å². The third-order valence-electron chi connectivity index (χ3n) is 3.99. The number of carbonyl (C=O) groups is 2. The van der Waals surface area contributed by atoms with Gasteiger partial charge in [0.25, 0.3) is 10.0 Å². The minimum atomic E-state index is -3.73. The van der Waals surface area contributed by atoms with Crippen molar-refractivity contribution in [1.29, 1.82) is 0 Å². The fourth-order valence-electron chi connectivity index (χ4n) is 2.67. The third-order valence-corrected chi connectivity index (χ3v) is 6.14. The molecule has 6 nitrogen and oxygen atoms in total. The van der Waals surface area contributed by atoms with Gasteiger partial charge >= 0.3 is 0 Å². The molecule has 0 saturated heterocycles. The van der Waals surface area contributed by atoms with Gasteiger partial charge in [-0.3, -0.25) is 14.3 Å². The summed E-state index contributed by atoms with van der Waals surface area (Å²) < 4.78 is 27.6. The van der Waals surface area contributed by atoms with Gasteiger partial charge in [0.05, 0.1) is 11.8 Å². The Labute approximate surface area is 156 Å². The molecule has 2 aliphatic rings. The number of fused-ring (bicyclic) bond motifs is 1. The van der Waals surface area contributed by atoms with Crippen molar-refractivity contribution < 1.29 is 18.0 Å². The molecule has 0 fully saturated rings. The van der Waals surface area contributed by atoms with Crippen LogP contribution in [0.25, 0.3) is 0 Å². The fraction of sp³-hybridized carbons (Fsp3) is 0.222. The quantitative estimate of drug-likeness (QED) is 0.725. The van der Waals surface area contributed by atoms with Crippen LogP contribution in [-0.2, 0) is 14.8 Å². The number of nitrogens with one attached hydrogen (secondary N) is 2. The smallest absolute Gasteiger partial charge is 0.276 e. The van der Waals surface area contributed by atoms with Gasteiger partial charge in [-0.2, -0.15) is 8.42 Å². The molecule has 2 atom stereocenters. The van der Waals surface area contributed by atoms with Gasteiger partial charge in [0.2, 0.25) is 0 Å². The Morgan fingerprint density at radius 1 is 1.15 bits per heavy atom. The molecule has 0 radical (unpaired) electrons. The van der Waals surface area contributed by atoms with Gasteiger partial charge in [-0.05, 0) is 30.3 Å². The van der Waals surface area contributed by atoms with E-state index in [1.54, 1.807) is 18.2 Å². The molecule has 136 valence electrons. The van der Waals surface area contributed by atoms with Crippen LogP contribution in [0.3, 0.4) is 0 Å². The Balaban J connectivity index is 1.67. The van der Waals surface area contributed by atoms with Crippen molar-refractivity contribution in [3.05, 3.63) is 65.2 Å². The molecule has 8 heteroatoms. The highest BCUT2D eigenvalue weighted by Crippen LogP contribution is 2.26. The van der Waals surface area contributed by atoms with Gasteiger partial charge in [-0.15, -0.1) is 0 Å². The summed E-state index contributed by atoms with van der Waals surface area (Å²) in [5.41, 5.74) is 0.797. The highest BCUT2D eigenvalue weighted by molar-refractivity contribution is 8.14. The van der Waals surface area contributed by atoms with Crippen LogP contribution in [0.2, 0.25) is 0 Å². The predicted octanol–water partition coefficient (Wildman–Crippen LogP) is 2.45. The van der Waals surface area contributed by atoms with E-state index < -0.39 is 10.0 Å². The van der Waals surface area contributed by atoms with E-state index >= 15 is 0 Å².